The van der Waals surface area contributed by atoms with Gasteiger partial charge in [-0.25, -0.2) is 4.68 Å². The van der Waals surface area contributed by atoms with E-state index in [1.807, 2.05) is 6.92 Å². The number of anilines is 1. The molecule has 2 aromatic rings. The predicted octanol–water partition coefficient (Wildman–Crippen LogP) is 0.782. The van der Waals surface area contributed by atoms with E-state index in [4.69, 9.17) is 0 Å². The molecule has 0 saturated heterocycles. The van der Waals surface area contributed by atoms with E-state index in [0.717, 1.165) is 4.68 Å². The second-order valence-electron chi connectivity index (χ2n) is 4.57. The maximum atomic E-state index is 12.1. The average Bonchev–Trinajstić information content (AvgIpc) is 2.50. The summed E-state index contributed by atoms with van der Waals surface area (Å²) >= 11 is 0. The SMILES string of the molecule is CCNC(=O)c1cccc(NC(=O)c2ccc(=O)n(C)n2)c1. The molecular weight excluding hydrogens is 284 g/mol. The summed E-state index contributed by atoms with van der Waals surface area (Å²) in [5.41, 5.74) is 0.748. The molecule has 0 spiro atoms. The van der Waals surface area contributed by atoms with Crippen LogP contribution in [0, 0.1) is 0 Å². The highest BCUT2D eigenvalue weighted by atomic mass is 16.2. The molecule has 22 heavy (non-hydrogen) atoms. The number of benzene rings is 1. The first kappa shape index (κ1) is 15.4. The summed E-state index contributed by atoms with van der Waals surface area (Å²) in [4.78, 5) is 35.1. The number of rotatable bonds is 4. The summed E-state index contributed by atoms with van der Waals surface area (Å²) in [6.45, 7) is 2.35. The molecule has 2 amide bonds. The van der Waals surface area contributed by atoms with Crippen molar-refractivity contribution in [1.82, 2.24) is 15.1 Å². The summed E-state index contributed by atoms with van der Waals surface area (Å²) in [6.07, 6.45) is 0. The summed E-state index contributed by atoms with van der Waals surface area (Å²) in [7, 11) is 1.47. The Morgan fingerprint density at radius 3 is 2.64 bits per heavy atom. The van der Waals surface area contributed by atoms with Crippen LogP contribution in [-0.4, -0.2) is 28.1 Å². The second kappa shape index (κ2) is 6.66. The largest absolute Gasteiger partial charge is 0.352 e. The van der Waals surface area contributed by atoms with Gasteiger partial charge in [-0.05, 0) is 31.2 Å². The van der Waals surface area contributed by atoms with Crippen molar-refractivity contribution >= 4 is 17.5 Å². The lowest BCUT2D eigenvalue weighted by molar-refractivity contribution is 0.0954. The molecule has 0 fully saturated rings. The zero-order valence-electron chi connectivity index (χ0n) is 12.3. The number of carbonyl (C=O) groups excluding carboxylic acids is 2. The summed E-state index contributed by atoms with van der Waals surface area (Å²) in [5.74, 6) is -0.664. The lowest BCUT2D eigenvalue weighted by Crippen LogP contribution is -2.24. The van der Waals surface area contributed by atoms with Crippen molar-refractivity contribution < 1.29 is 9.59 Å². The Labute approximate surface area is 127 Å². The van der Waals surface area contributed by atoms with Crippen molar-refractivity contribution in [2.75, 3.05) is 11.9 Å². The van der Waals surface area contributed by atoms with Crippen molar-refractivity contribution in [3.8, 4) is 0 Å². The Hall–Kier alpha value is -2.96. The fourth-order valence-corrected chi connectivity index (χ4v) is 1.82. The van der Waals surface area contributed by atoms with Crippen LogP contribution < -0.4 is 16.2 Å². The van der Waals surface area contributed by atoms with E-state index in [2.05, 4.69) is 15.7 Å². The molecule has 0 saturated carbocycles. The number of hydrogen-bond donors (Lipinski definition) is 2. The Balaban J connectivity index is 2.17. The first-order chi connectivity index (χ1) is 10.5. The van der Waals surface area contributed by atoms with Gasteiger partial charge in [-0.15, -0.1) is 0 Å². The molecule has 0 atom stereocenters. The molecule has 1 aromatic heterocycles. The second-order valence-corrected chi connectivity index (χ2v) is 4.57. The van der Waals surface area contributed by atoms with E-state index in [-0.39, 0.29) is 17.2 Å². The molecule has 0 aliphatic carbocycles. The van der Waals surface area contributed by atoms with Crippen molar-refractivity contribution in [3.05, 3.63) is 58.0 Å². The summed E-state index contributed by atoms with van der Waals surface area (Å²) < 4.78 is 1.08. The van der Waals surface area contributed by atoms with Crippen LogP contribution in [0.3, 0.4) is 0 Å². The zero-order chi connectivity index (χ0) is 16.1. The molecule has 2 N–H and O–H groups in total. The van der Waals surface area contributed by atoms with E-state index in [1.165, 1.54) is 19.2 Å². The lowest BCUT2D eigenvalue weighted by atomic mass is 10.2. The molecule has 2 rings (SSSR count). The van der Waals surface area contributed by atoms with E-state index in [9.17, 15) is 14.4 Å². The third-order valence-corrected chi connectivity index (χ3v) is 2.91. The normalized spacial score (nSPS) is 10.1. The van der Waals surface area contributed by atoms with Crippen LogP contribution in [-0.2, 0) is 7.05 Å². The number of aromatic nitrogens is 2. The molecule has 1 aromatic carbocycles. The molecule has 0 radical (unpaired) electrons. The van der Waals surface area contributed by atoms with Crippen molar-refractivity contribution in [2.24, 2.45) is 7.05 Å². The minimum absolute atomic E-state index is 0.116. The van der Waals surface area contributed by atoms with Gasteiger partial charge in [0.05, 0.1) is 0 Å². The van der Waals surface area contributed by atoms with Gasteiger partial charge in [0.15, 0.2) is 0 Å². The van der Waals surface area contributed by atoms with Crippen molar-refractivity contribution in [2.45, 2.75) is 6.92 Å². The minimum atomic E-state index is -0.455. The maximum Gasteiger partial charge on any atom is 0.276 e. The van der Waals surface area contributed by atoms with E-state index < -0.39 is 5.91 Å². The Morgan fingerprint density at radius 1 is 1.18 bits per heavy atom. The first-order valence-corrected chi connectivity index (χ1v) is 6.75. The van der Waals surface area contributed by atoms with Crippen LogP contribution in [0.5, 0.6) is 0 Å². The molecule has 114 valence electrons. The van der Waals surface area contributed by atoms with Crippen LogP contribution >= 0.6 is 0 Å². The monoisotopic (exact) mass is 300 g/mol. The quantitative estimate of drug-likeness (QED) is 0.872. The Kier molecular flexibility index (Phi) is 4.67. The van der Waals surface area contributed by atoms with Gasteiger partial charge in [-0.3, -0.25) is 14.4 Å². The molecule has 7 heteroatoms. The van der Waals surface area contributed by atoms with Crippen molar-refractivity contribution in [1.29, 1.82) is 0 Å². The standard InChI is InChI=1S/C15H16N4O3/c1-3-16-14(21)10-5-4-6-11(9-10)17-15(22)12-7-8-13(20)19(2)18-12/h4-9H,3H2,1-2H3,(H,16,21)(H,17,22). The van der Waals surface area contributed by atoms with Crippen molar-refractivity contribution in [3.63, 3.8) is 0 Å². The number of nitrogens with one attached hydrogen (secondary N) is 2. The van der Waals surface area contributed by atoms with Gasteiger partial charge in [-0.2, -0.15) is 5.10 Å². The Bertz CT molecular complexity index is 767. The van der Waals surface area contributed by atoms with Gasteiger partial charge in [0, 0.05) is 30.9 Å². The number of aryl methyl sites for hydroxylation is 1. The highest BCUT2D eigenvalue weighted by molar-refractivity contribution is 6.03. The molecule has 0 bridgehead atoms. The predicted molar refractivity (Wildman–Crippen MR) is 81.9 cm³/mol. The third kappa shape index (κ3) is 3.57. The van der Waals surface area contributed by atoms with E-state index in [0.29, 0.717) is 17.8 Å². The fourth-order valence-electron chi connectivity index (χ4n) is 1.82. The third-order valence-electron chi connectivity index (χ3n) is 2.91. The maximum absolute atomic E-state index is 12.1. The van der Waals surface area contributed by atoms with E-state index >= 15 is 0 Å². The topological polar surface area (TPSA) is 93.1 Å². The zero-order valence-corrected chi connectivity index (χ0v) is 12.3. The first-order valence-electron chi connectivity index (χ1n) is 6.75. The summed E-state index contributed by atoms with van der Waals surface area (Å²) in [5, 5.41) is 9.20. The van der Waals surface area contributed by atoms with Gasteiger partial charge in [0.2, 0.25) is 0 Å². The van der Waals surface area contributed by atoms with Crippen LogP contribution in [0.1, 0.15) is 27.8 Å². The molecule has 7 nitrogen and oxygen atoms in total. The van der Waals surface area contributed by atoms with Crippen LogP contribution in [0.25, 0.3) is 0 Å². The van der Waals surface area contributed by atoms with Gasteiger partial charge in [-0.1, -0.05) is 6.07 Å². The highest BCUT2D eigenvalue weighted by Crippen LogP contribution is 2.11. The van der Waals surface area contributed by atoms with Gasteiger partial charge in [0.1, 0.15) is 5.69 Å². The van der Waals surface area contributed by atoms with Crippen LogP contribution in [0.2, 0.25) is 0 Å². The minimum Gasteiger partial charge on any atom is -0.352 e. The molecule has 1 heterocycles. The average molecular weight is 300 g/mol. The number of hydrogen-bond acceptors (Lipinski definition) is 4. The number of amides is 2. The highest BCUT2D eigenvalue weighted by Gasteiger charge is 2.10. The molecule has 0 aliphatic heterocycles. The number of carbonyl (C=O) groups is 2. The number of nitrogens with zero attached hydrogens (tertiary/aromatic N) is 2. The summed E-state index contributed by atoms with van der Waals surface area (Å²) in [6, 6.07) is 9.20. The molecular formula is C15H16N4O3. The van der Waals surface area contributed by atoms with Crippen LogP contribution in [0.4, 0.5) is 5.69 Å². The van der Waals surface area contributed by atoms with Gasteiger partial charge < -0.3 is 10.6 Å². The van der Waals surface area contributed by atoms with Gasteiger partial charge >= 0.3 is 0 Å². The fraction of sp³-hybridized carbons (Fsp3) is 0.200. The van der Waals surface area contributed by atoms with Gasteiger partial charge in [0.25, 0.3) is 17.4 Å². The lowest BCUT2D eigenvalue weighted by Gasteiger charge is -2.07. The van der Waals surface area contributed by atoms with E-state index in [1.54, 1.807) is 24.3 Å². The smallest absolute Gasteiger partial charge is 0.276 e. The van der Waals surface area contributed by atoms with Crippen LogP contribution in [0.15, 0.2) is 41.2 Å². The Morgan fingerprint density at radius 2 is 1.95 bits per heavy atom. The molecule has 0 aliphatic rings. The molecule has 0 unspecified atom stereocenters.